The first-order valence-electron chi connectivity index (χ1n) is 9.11. The molecule has 1 atom stereocenters. The first kappa shape index (κ1) is 18.5. The van der Waals surface area contributed by atoms with E-state index >= 15 is 0 Å². The second kappa shape index (κ2) is 7.27. The minimum Gasteiger partial charge on any atom is -0.467 e. The zero-order chi connectivity index (χ0) is 20.5. The lowest BCUT2D eigenvalue weighted by molar-refractivity contribution is -0.143. The quantitative estimate of drug-likeness (QED) is 0.423. The molecule has 0 saturated carbocycles. The first-order valence-corrected chi connectivity index (χ1v) is 9.11. The van der Waals surface area contributed by atoms with Crippen molar-refractivity contribution in [2.24, 2.45) is 0 Å². The van der Waals surface area contributed by atoms with Gasteiger partial charge in [-0.3, -0.25) is 15.0 Å². The monoisotopic (exact) mass is 389 g/mol. The van der Waals surface area contributed by atoms with Gasteiger partial charge < -0.3 is 9.30 Å². The fourth-order valence-corrected chi connectivity index (χ4v) is 3.42. The molecule has 0 bridgehead atoms. The highest BCUT2D eigenvalue weighted by molar-refractivity contribution is 6.32. The normalized spacial score (nSPS) is 16.3. The Balaban J connectivity index is 1.78. The summed E-state index contributed by atoms with van der Waals surface area (Å²) in [7, 11) is 1.34. The zero-order valence-electron chi connectivity index (χ0n) is 16.0. The summed E-state index contributed by atoms with van der Waals surface area (Å²) in [6, 6.07) is 15.8. The molecule has 7 nitrogen and oxygen atoms in total. The lowest BCUT2D eigenvalue weighted by Gasteiger charge is -2.13. The van der Waals surface area contributed by atoms with Gasteiger partial charge in [0.25, 0.3) is 11.8 Å². The summed E-state index contributed by atoms with van der Waals surface area (Å²) in [5.74, 6) is -1.29. The van der Waals surface area contributed by atoms with E-state index in [9.17, 15) is 14.4 Å². The van der Waals surface area contributed by atoms with Gasteiger partial charge in [-0.15, -0.1) is 0 Å². The van der Waals surface area contributed by atoms with Crippen LogP contribution in [-0.4, -0.2) is 29.5 Å². The molecular weight excluding hydrogens is 370 g/mol. The van der Waals surface area contributed by atoms with E-state index in [2.05, 4.69) is 5.43 Å². The molecule has 1 saturated heterocycles. The van der Waals surface area contributed by atoms with Crippen molar-refractivity contribution in [2.75, 3.05) is 12.1 Å². The molecule has 1 fully saturated rings. The summed E-state index contributed by atoms with van der Waals surface area (Å²) in [6.07, 6.45) is 3.31. The van der Waals surface area contributed by atoms with E-state index < -0.39 is 17.9 Å². The van der Waals surface area contributed by atoms with Crippen LogP contribution in [0.2, 0.25) is 0 Å². The molecule has 0 aliphatic carbocycles. The molecule has 1 N–H and O–H groups in total. The topological polar surface area (TPSA) is 80.6 Å². The first-order chi connectivity index (χ1) is 14.0. The van der Waals surface area contributed by atoms with Crippen LogP contribution < -0.4 is 10.4 Å². The second-order valence-electron chi connectivity index (χ2n) is 6.68. The number of anilines is 1. The lowest BCUT2D eigenvalue weighted by Crippen LogP contribution is -2.35. The number of nitrogens with zero attached hydrogens (tertiary/aromatic N) is 2. The van der Waals surface area contributed by atoms with Gasteiger partial charge in [-0.05, 0) is 31.2 Å². The van der Waals surface area contributed by atoms with Crippen LogP contribution in [0.5, 0.6) is 0 Å². The maximum absolute atomic E-state index is 12.8. The van der Waals surface area contributed by atoms with Crippen molar-refractivity contribution in [3.63, 3.8) is 0 Å². The molecule has 2 heterocycles. The van der Waals surface area contributed by atoms with Gasteiger partial charge in [0.15, 0.2) is 0 Å². The second-order valence-corrected chi connectivity index (χ2v) is 6.68. The average molecular weight is 389 g/mol. The Morgan fingerprint density at radius 1 is 1.07 bits per heavy atom. The minimum absolute atomic E-state index is 0.0301. The average Bonchev–Trinajstić information content (AvgIpc) is 3.26. The Morgan fingerprint density at radius 3 is 2.48 bits per heavy atom. The van der Waals surface area contributed by atoms with Crippen LogP contribution in [-0.2, 0) is 19.1 Å². The van der Waals surface area contributed by atoms with E-state index in [1.165, 1.54) is 12.1 Å². The van der Waals surface area contributed by atoms with Crippen molar-refractivity contribution in [1.29, 1.82) is 0 Å². The van der Waals surface area contributed by atoms with Crippen molar-refractivity contribution in [1.82, 2.24) is 9.99 Å². The van der Waals surface area contributed by atoms with Crippen molar-refractivity contribution in [2.45, 2.75) is 13.0 Å². The standard InChI is InChI=1S/C22H19N3O4/c1-14(22(28)29-2)24-13-15(17-10-6-7-11-19(17)24)12-18-20(26)23-25(21(18)27)16-8-4-3-5-9-16/h3-14H,1-2H3,(H,23,26)/b18-12-/t14-/m0/s1. The molecule has 2 amide bonds. The lowest BCUT2D eigenvalue weighted by atomic mass is 10.1. The third kappa shape index (κ3) is 3.16. The van der Waals surface area contributed by atoms with Crippen LogP contribution in [0.25, 0.3) is 17.0 Å². The summed E-state index contributed by atoms with van der Waals surface area (Å²) >= 11 is 0. The Bertz CT molecular complexity index is 1150. The van der Waals surface area contributed by atoms with Gasteiger partial charge >= 0.3 is 5.97 Å². The van der Waals surface area contributed by atoms with Gasteiger partial charge in [0.05, 0.1) is 12.8 Å². The summed E-state index contributed by atoms with van der Waals surface area (Å²) in [6.45, 7) is 1.74. The number of methoxy groups -OCH3 is 1. The molecule has 3 aromatic rings. The molecule has 0 spiro atoms. The summed E-state index contributed by atoms with van der Waals surface area (Å²) < 4.78 is 6.63. The highest BCUT2D eigenvalue weighted by Gasteiger charge is 2.34. The largest absolute Gasteiger partial charge is 0.467 e. The van der Waals surface area contributed by atoms with Gasteiger partial charge in [-0.2, -0.15) is 0 Å². The highest BCUT2D eigenvalue weighted by atomic mass is 16.5. The number of aromatic nitrogens is 1. The molecule has 0 unspecified atom stereocenters. The van der Waals surface area contributed by atoms with Crippen LogP contribution in [0, 0.1) is 0 Å². The number of benzene rings is 2. The molecule has 1 aliphatic heterocycles. The predicted octanol–water partition coefficient (Wildman–Crippen LogP) is 2.84. The van der Waals surface area contributed by atoms with E-state index in [1.807, 2.05) is 30.3 Å². The number of nitrogens with one attached hydrogen (secondary N) is 1. The van der Waals surface area contributed by atoms with Crippen LogP contribution in [0.4, 0.5) is 5.69 Å². The third-order valence-electron chi connectivity index (χ3n) is 4.94. The maximum atomic E-state index is 12.8. The number of rotatable bonds is 4. The Morgan fingerprint density at radius 2 is 1.76 bits per heavy atom. The van der Waals surface area contributed by atoms with Crippen molar-refractivity contribution in [3.05, 3.63) is 71.9 Å². The highest BCUT2D eigenvalue weighted by Crippen LogP contribution is 2.28. The molecule has 0 radical (unpaired) electrons. The zero-order valence-corrected chi connectivity index (χ0v) is 16.0. The molecule has 29 heavy (non-hydrogen) atoms. The van der Waals surface area contributed by atoms with Crippen molar-refractivity contribution < 1.29 is 19.1 Å². The SMILES string of the molecule is COC(=O)[C@H](C)n1cc(/C=C2/C(=O)NN(c3ccccc3)C2=O)c2ccccc21. The molecule has 2 aromatic carbocycles. The van der Waals surface area contributed by atoms with Gasteiger partial charge in [0, 0.05) is 22.7 Å². The number of amides is 2. The summed E-state index contributed by atoms with van der Waals surface area (Å²) in [5, 5.41) is 2.05. The van der Waals surface area contributed by atoms with E-state index in [4.69, 9.17) is 4.74 Å². The number of carbonyl (C=O) groups excluding carboxylic acids is 3. The van der Waals surface area contributed by atoms with Gasteiger partial charge in [-0.25, -0.2) is 9.80 Å². The van der Waals surface area contributed by atoms with E-state index in [-0.39, 0.29) is 11.5 Å². The number of esters is 1. The van der Waals surface area contributed by atoms with Crippen LogP contribution >= 0.6 is 0 Å². The molecule has 4 rings (SSSR count). The third-order valence-corrected chi connectivity index (χ3v) is 4.94. The smallest absolute Gasteiger partial charge is 0.328 e. The Kier molecular flexibility index (Phi) is 4.64. The Labute approximate surface area is 167 Å². The van der Waals surface area contributed by atoms with Crippen LogP contribution in [0.3, 0.4) is 0 Å². The number of hydrogen-bond donors (Lipinski definition) is 1. The van der Waals surface area contributed by atoms with Crippen LogP contribution in [0.1, 0.15) is 18.5 Å². The maximum Gasteiger partial charge on any atom is 0.328 e. The number of para-hydroxylation sites is 2. The molecule has 146 valence electrons. The van der Waals surface area contributed by atoms with Gasteiger partial charge in [-0.1, -0.05) is 36.4 Å². The fraction of sp³-hybridized carbons (Fsp3) is 0.136. The van der Waals surface area contributed by atoms with Crippen molar-refractivity contribution in [3.8, 4) is 0 Å². The number of fused-ring (bicyclic) bond motifs is 1. The number of ether oxygens (including phenoxy) is 1. The number of hydrogen-bond acceptors (Lipinski definition) is 4. The predicted molar refractivity (Wildman–Crippen MR) is 109 cm³/mol. The Hall–Kier alpha value is -3.87. The molecule has 7 heteroatoms. The molecular formula is C22H19N3O4. The van der Waals surface area contributed by atoms with Crippen molar-refractivity contribution >= 4 is 40.4 Å². The summed E-state index contributed by atoms with van der Waals surface area (Å²) in [4.78, 5) is 37.4. The molecule has 1 aromatic heterocycles. The fourth-order valence-electron chi connectivity index (χ4n) is 3.42. The molecule has 1 aliphatic rings. The van der Waals surface area contributed by atoms with E-state index in [0.29, 0.717) is 11.3 Å². The van der Waals surface area contributed by atoms with Crippen LogP contribution in [0.15, 0.2) is 66.4 Å². The van der Waals surface area contributed by atoms with Gasteiger partial charge in [0.1, 0.15) is 11.6 Å². The minimum atomic E-state index is -0.550. The van der Waals surface area contributed by atoms with Gasteiger partial charge in [0.2, 0.25) is 0 Å². The number of carbonyl (C=O) groups is 3. The van der Waals surface area contributed by atoms with E-state index in [1.54, 1.807) is 48.0 Å². The summed E-state index contributed by atoms with van der Waals surface area (Å²) in [5.41, 5.74) is 4.68. The number of hydrazine groups is 1. The van der Waals surface area contributed by atoms with E-state index in [0.717, 1.165) is 10.9 Å².